The molecule has 3 rings (SSSR count). The molecule has 1 aromatic heterocycles. The van der Waals surface area contributed by atoms with Crippen LogP contribution in [0.4, 0.5) is 23.1 Å². The Bertz CT molecular complexity index is 827. The van der Waals surface area contributed by atoms with E-state index in [1.165, 1.54) is 0 Å². The van der Waals surface area contributed by atoms with Crippen LogP contribution in [0.15, 0.2) is 54.7 Å². The van der Waals surface area contributed by atoms with Crippen molar-refractivity contribution >= 4 is 34.7 Å². The maximum atomic E-state index is 5.98. The Morgan fingerprint density at radius 3 is 2.79 bits per heavy atom. The second kappa shape index (κ2) is 7.61. The molecular formula is C17H16ClN5O. The number of benzene rings is 2. The Balaban J connectivity index is 1.78. The largest absolute Gasteiger partial charge is 0.492 e. The molecule has 3 aromatic rings. The van der Waals surface area contributed by atoms with Crippen molar-refractivity contribution in [2.75, 3.05) is 17.2 Å². The van der Waals surface area contributed by atoms with Gasteiger partial charge in [0.25, 0.3) is 0 Å². The van der Waals surface area contributed by atoms with Crippen molar-refractivity contribution in [1.82, 2.24) is 15.2 Å². The fourth-order valence-corrected chi connectivity index (χ4v) is 2.29. The predicted molar refractivity (Wildman–Crippen MR) is 95.5 cm³/mol. The fraction of sp³-hybridized carbons (Fsp3) is 0.118. The molecule has 6 nitrogen and oxygen atoms in total. The summed E-state index contributed by atoms with van der Waals surface area (Å²) in [5.41, 5.74) is 1.60. The van der Waals surface area contributed by atoms with Crippen LogP contribution >= 0.6 is 11.6 Å². The standard InChI is InChI=1S/C17H16ClN5O/c1-2-24-15-9-4-3-8-14(15)21-17-22-16(11-19-23-17)20-13-7-5-6-12(18)10-13/h3-11H,2H2,1H3,(H2,20,21,22,23). The van der Waals surface area contributed by atoms with E-state index in [9.17, 15) is 0 Å². The second-order valence-electron chi connectivity index (χ2n) is 4.85. The molecule has 7 heteroatoms. The highest BCUT2D eigenvalue weighted by molar-refractivity contribution is 6.30. The molecule has 0 spiro atoms. The van der Waals surface area contributed by atoms with Crippen molar-refractivity contribution in [3.05, 3.63) is 59.8 Å². The first-order valence-electron chi connectivity index (χ1n) is 7.46. The normalized spacial score (nSPS) is 10.2. The lowest BCUT2D eigenvalue weighted by Gasteiger charge is -2.11. The molecule has 24 heavy (non-hydrogen) atoms. The summed E-state index contributed by atoms with van der Waals surface area (Å²) in [5.74, 6) is 1.66. The van der Waals surface area contributed by atoms with Gasteiger partial charge in [-0.15, -0.1) is 5.10 Å². The van der Waals surface area contributed by atoms with Crippen LogP contribution < -0.4 is 15.4 Å². The number of nitrogens with zero attached hydrogens (tertiary/aromatic N) is 3. The summed E-state index contributed by atoms with van der Waals surface area (Å²) in [6.45, 7) is 2.51. The van der Waals surface area contributed by atoms with Gasteiger partial charge in [-0.05, 0) is 37.3 Å². The van der Waals surface area contributed by atoms with Crippen LogP contribution in [0.1, 0.15) is 6.92 Å². The molecule has 0 amide bonds. The van der Waals surface area contributed by atoms with E-state index in [-0.39, 0.29) is 0 Å². The predicted octanol–water partition coefficient (Wildman–Crippen LogP) is 4.41. The van der Waals surface area contributed by atoms with E-state index in [0.717, 1.165) is 17.1 Å². The molecule has 0 radical (unpaired) electrons. The first-order valence-corrected chi connectivity index (χ1v) is 7.83. The Morgan fingerprint density at radius 1 is 1.08 bits per heavy atom. The molecule has 0 saturated carbocycles. The minimum absolute atomic E-state index is 0.370. The highest BCUT2D eigenvalue weighted by Gasteiger charge is 2.06. The number of aromatic nitrogens is 3. The van der Waals surface area contributed by atoms with E-state index in [2.05, 4.69) is 25.8 Å². The summed E-state index contributed by atoms with van der Waals surface area (Å²) in [4.78, 5) is 4.40. The van der Waals surface area contributed by atoms with Crippen molar-refractivity contribution in [1.29, 1.82) is 0 Å². The molecular weight excluding hydrogens is 326 g/mol. The van der Waals surface area contributed by atoms with E-state index in [1.54, 1.807) is 12.3 Å². The van der Waals surface area contributed by atoms with Crippen molar-refractivity contribution in [3.8, 4) is 5.75 Å². The Morgan fingerprint density at radius 2 is 1.96 bits per heavy atom. The van der Waals surface area contributed by atoms with Gasteiger partial charge in [0, 0.05) is 10.7 Å². The van der Waals surface area contributed by atoms with E-state index >= 15 is 0 Å². The van der Waals surface area contributed by atoms with E-state index in [1.807, 2.05) is 49.4 Å². The van der Waals surface area contributed by atoms with Crippen LogP contribution in [-0.2, 0) is 0 Å². The SMILES string of the molecule is CCOc1ccccc1Nc1nncc(Nc2cccc(Cl)c2)n1. The number of rotatable bonds is 6. The molecule has 0 saturated heterocycles. The quantitative estimate of drug-likeness (QED) is 0.692. The molecule has 0 aliphatic carbocycles. The number of halogens is 1. The lowest BCUT2D eigenvalue weighted by Crippen LogP contribution is -2.04. The fourth-order valence-electron chi connectivity index (χ4n) is 2.10. The highest BCUT2D eigenvalue weighted by atomic mass is 35.5. The topological polar surface area (TPSA) is 72.0 Å². The molecule has 0 fully saturated rings. The molecule has 122 valence electrons. The average molecular weight is 342 g/mol. The zero-order valence-corrected chi connectivity index (χ0v) is 13.8. The van der Waals surface area contributed by atoms with Gasteiger partial charge in [0.1, 0.15) is 5.75 Å². The zero-order valence-electron chi connectivity index (χ0n) is 13.0. The summed E-state index contributed by atoms with van der Waals surface area (Å²) >= 11 is 5.98. The van der Waals surface area contributed by atoms with Gasteiger partial charge in [0.15, 0.2) is 5.82 Å². The molecule has 1 heterocycles. The van der Waals surface area contributed by atoms with Crippen molar-refractivity contribution in [2.24, 2.45) is 0 Å². The van der Waals surface area contributed by atoms with Gasteiger partial charge in [-0.3, -0.25) is 0 Å². The van der Waals surface area contributed by atoms with Crippen LogP contribution in [-0.4, -0.2) is 21.8 Å². The minimum atomic E-state index is 0.370. The van der Waals surface area contributed by atoms with Gasteiger partial charge in [0.05, 0.1) is 18.5 Å². The monoisotopic (exact) mass is 341 g/mol. The lowest BCUT2D eigenvalue weighted by atomic mass is 10.3. The molecule has 0 atom stereocenters. The zero-order chi connectivity index (χ0) is 16.8. The number of anilines is 4. The van der Waals surface area contributed by atoms with E-state index in [4.69, 9.17) is 16.3 Å². The summed E-state index contributed by atoms with van der Waals surface area (Å²) in [5, 5.41) is 14.9. The van der Waals surface area contributed by atoms with Crippen molar-refractivity contribution in [3.63, 3.8) is 0 Å². The van der Waals surface area contributed by atoms with Crippen LogP contribution in [0.2, 0.25) is 5.02 Å². The number of ether oxygens (including phenoxy) is 1. The van der Waals surface area contributed by atoms with Crippen LogP contribution in [0.25, 0.3) is 0 Å². The molecule has 0 bridgehead atoms. The van der Waals surface area contributed by atoms with Gasteiger partial charge < -0.3 is 15.4 Å². The van der Waals surface area contributed by atoms with Crippen LogP contribution in [0.3, 0.4) is 0 Å². The maximum Gasteiger partial charge on any atom is 0.249 e. The van der Waals surface area contributed by atoms with Gasteiger partial charge in [0.2, 0.25) is 5.95 Å². The lowest BCUT2D eigenvalue weighted by molar-refractivity contribution is 0.342. The number of nitrogens with one attached hydrogen (secondary N) is 2. The summed E-state index contributed by atoms with van der Waals surface area (Å²) in [6.07, 6.45) is 1.54. The number of hydrogen-bond donors (Lipinski definition) is 2. The summed E-state index contributed by atoms with van der Waals surface area (Å²) < 4.78 is 5.58. The molecule has 0 aliphatic rings. The summed E-state index contributed by atoms with van der Waals surface area (Å²) in [7, 11) is 0. The first kappa shape index (κ1) is 16.0. The van der Waals surface area contributed by atoms with E-state index < -0.39 is 0 Å². The van der Waals surface area contributed by atoms with Gasteiger partial charge >= 0.3 is 0 Å². The van der Waals surface area contributed by atoms with Gasteiger partial charge in [-0.25, -0.2) is 0 Å². The minimum Gasteiger partial charge on any atom is -0.492 e. The molecule has 2 N–H and O–H groups in total. The van der Waals surface area contributed by atoms with Crippen molar-refractivity contribution in [2.45, 2.75) is 6.92 Å². The number of para-hydroxylation sites is 2. The van der Waals surface area contributed by atoms with E-state index in [0.29, 0.717) is 23.4 Å². The van der Waals surface area contributed by atoms with Crippen LogP contribution in [0.5, 0.6) is 5.75 Å². The first-order chi connectivity index (χ1) is 11.7. The second-order valence-corrected chi connectivity index (χ2v) is 5.29. The summed E-state index contributed by atoms with van der Waals surface area (Å²) in [6, 6.07) is 15.0. The third-order valence-corrected chi connectivity index (χ3v) is 3.32. The third-order valence-electron chi connectivity index (χ3n) is 3.09. The smallest absolute Gasteiger partial charge is 0.249 e. The maximum absolute atomic E-state index is 5.98. The molecule has 2 aromatic carbocycles. The molecule has 0 aliphatic heterocycles. The van der Waals surface area contributed by atoms with Gasteiger partial charge in [-0.1, -0.05) is 29.8 Å². The Kier molecular flexibility index (Phi) is 5.08. The number of hydrogen-bond acceptors (Lipinski definition) is 6. The van der Waals surface area contributed by atoms with Gasteiger partial charge in [-0.2, -0.15) is 10.1 Å². The Labute approximate surface area is 144 Å². The molecule has 0 unspecified atom stereocenters. The third kappa shape index (κ3) is 4.11. The Hall–Kier alpha value is -2.86. The van der Waals surface area contributed by atoms with Crippen LogP contribution in [0, 0.1) is 0 Å². The van der Waals surface area contributed by atoms with Crippen molar-refractivity contribution < 1.29 is 4.74 Å². The highest BCUT2D eigenvalue weighted by Crippen LogP contribution is 2.26. The average Bonchev–Trinajstić information content (AvgIpc) is 2.57.